The van der Waals surface area contributed by atoms with E-state index in [-0.39, 0.29) is 36.3 Å². The Morgan fingerprint density at radius 2 is 1.79 bits per heavy atom. The lowest BCUT2D eigenvalue weighted by Crippen LogP contribution is -2.41. The Balaban J connectivity index is 1.77. The highest BCUT2D eigenvalue weighted by molar-refractivity contribution is 6.31. The zero-order valence-electron chi connectivity index (χ0n) is 15.9. The maximum absolute atomic E-state index is 13.2. The van der Waals surface area contributed by atoms with E-state index in [1.54, 1.807) is 12.1 Å². The third-order valence-electron chi connectivity index (χ3n) is 5.83. The van der Waals surface area contributed by atoms with Crippen LogP contribution in [-0.2, 0) is 4.79 Å². The van der Waals surface area contributed by atoms with E-state index in [4.69, 9.17) is 23.2 Å². The first-order valence-electron chi connectivity index (χ1n) is 9.59. The Bertz CT molecular complexity index is 922. The van der Waals surface area contributed by atoms with E-state index in [1.807, 2.05) is 36.1 Å². The predicted octanol–water partition coefficient (Wildman–Crippen LogP) is 3.11. The molecular weight excluding hydrogens is 413 g/mol. The molecule has 0 aromatic heterocycles. The average molecular weight is 436 g/mol. The van der Waals surface area contributed by atoms with Crippen LogP contribution in [0.5, 0.6) is 5.75 Å². The molecule has 0 radical (unpaired) electrons. The van der Waals surface area contributed by atoms with Gasteiger partial charge in [-0.15, -0.1) is 0 Å². The van der Waals surface area contributed by atoms with Gasteiger partial charge < -0.3 is 15.1 Å². The number of fused-ring (bicyclic) bond motifs is 1. The highest BCUT2D eigenvalue weighted by Gasteiger charge is 2.55. The maximum atomic E-state index is 13.2. The van der Waals surface area contributed by atoms with Crippen LogP contribution >= 0.6 is 23.2 Å². The lowest BCUT2D eigenvalue weighted by atomic mass is 9.83. The highest BCUT2D eigenvalue weighted by atomic mass is 35.5. The molecule has 2 aromatic carbocycles. The van der Waals surface area contributed by atoms with Crippen LogP contribution in [0.25, 0.3) is 0 Å². The molecule has 2 aromatic rings. The Hall–Kier alpha value is -1.83. The van der Waals surface area contributed by atoms with Crippen molar-refractivity contribution in [2.45, 2.75) is 31.5 Å². The number of phenolic OH excluding ortho intramolecular Hbond substituents is 1. The quantitative estimate of drug-likeness (QED) is 0.579. The molecule has 1 amide bonds. The van der Waals surface area contributed by atoms with Crippen LogP contribution in [0.3, 0.4) is 0 Å². The molecule has 4 N–H and O–H groups in total. The van der Waals surface area contributed by atoms with Gasteiger partial charge in [-0.2, -0.15) is 0 Å². The van der Waals surface area contributed by atoms with Gasteiger partial charge in [0.15, 0.2) is 0 Å². The summed E-state index contributed by atoms with van der Waals surface area (Å²) in [5, 5.41) is 21.1. The van der Waals surface area contributed by atoms with Crippen molar-refractivity contribution >= 4 is 29.1 Å². The van der Waals surface area contributed by atoms with E-state index in [9.17, 15) is 15.0 Å². The molecule has 4 atom stereocenters. The number of aryl methyl sites for hydroxylation is 1. The largest absolute Gasteiger partial charge is 0.508 e. The fourth-order valence-electron chi connectivity index (χ4n) is 4.45. The summed E-state index contributed by atoms with van der Waals surface area (Å²) in [5.41, 5.74) is 8.70. The molecule has 6 nitrogen and oxygen atoms in total. The molecular formula is C21H23Cl2N3O3. The number of rotatable bonds is 5. The monoisotopic (exact) mass is 435 g/mol. The molecule has 2 saturated heterocycles. The summed E-state index contributed by atoms with van der Waals surface area (Å²) in [5.74, 6) is -0.0638. The summed E-state index contributed by atoms with van der Waals surface area (Å²) in [6.45, 7) is 2.29. The standard InChI is InChI=1S/C21H23Cl2N3O3/c1-11-9-16(28)14(10-15(11)23)18-17-19(25-24-18)21(29)26(7-2-8-27)20(17)12-3-5-13(22)6-4-12/h3-6,9-10,17-20,24-25,27-28H,2,7-8H2,1H3. The second kappa shape index (κ2) is 8.13. The number of hydrazine groups is 1. The van der Waals surface area contributed by atoms with E-state index in [0.29, 0.717) is 28.6 Å². The summed E-state index contributed by atoms with van der Waals surface area (Å²) < 4.78 is 0. The number of nitrogens with zero attached hydrogens (tertiary/aromatic N) is 1. The minimum Gasteiger partial charge on any atom is -0.508 e. The third-order valence-corrected chi connectivity index (χ3v) is 6.48. The Morgan fingerprint density at radius 3 is 2.48 bits per heavy atom. The Kier molecular flexibility index (Phi) is 5.73. The fraction of sp³-hybridized carbons (Fsp3) is 0.381. The number of hydrogen-bond donors (Lipinski definition) is 4. The number of aliphatic hydroxyl groups excluding tert-OH is 1. The number of carbonyl (C=O) groups excluding carboxylic acids is 1. The van der Waals surface area contributed by atoms with E-state index in [1.165, 1.54) is 0 Å². The van der Waals surface area contributed by atoms with Gasteiger partial charge in [-0.05, 0) is 48.7 Å². The molecule has 0 bridgehead atoms. The second-order valence-electron chi connectivity index (χ2n) is 7.59. The summed E-state index contributed by atoms with van der Waals surface area (Å²) in [6.07, 6.45) is 0.495. The molecule has 2 aliphatic rings. The fourth-order valence-corrected chi connectivity index (χ4v) is 4.75. The van der Waals surface area contributed by atoms with Crippen molar-refractivity contribution in [3.05, 3.63) is 63.1 Å². The Labute approximate surface area is 179 Å². The SMILES string of the molecule is Cc1cc(O)c(C2NNC3C(=O)N(CCCO)C(c4ccc(Cl)cc4)C32)cc1Cl. The zero-order chi connectivity index (χ0) is 20.7. The lowest BCUT2D eigenvalue weighted by molar-refractivity contribution is -0.130. The van der Waals surface area contributed by atoms with Gasteiger partial charge in [0.1, 0.15) is 11.8 Å². The van der Waals surface area contributed by atoms with Gasteiger partial charge in [-0.1, -0.05) is 35.3 Å². The van der Waals surface area contributed by atoms with Crippen LogP contribution in [0.2, 0.25) is 10.0 Å². The minimum absolute atomic E-state index is 0.00984. The van der Waals surface area contributed by atoms with E-state index in [0.717, 1.165) is 11.1 Å². The number of halogens is 2. The molecule has 0 spiro atoms. The first-order valence-corrected chi connectivity index (χ1v) is 10.3. The second-order valence-corrected chi connectivity index (χ2v) is 8.43. The lowest BCUT2D eigenvalue weighted by Gasteiger charge is -2.31. The number of amides is 1. The van der Waals surface area contributed by atoms with Crippen molar-refractivity contribution in [2.75, 3.05) is 13.2 Å². The molecule has 29 heavy (non-hydrogen) atoms. The first-order chi connectivity index (χ1) is 13.9. The number of likely N-dealkylation sites (tertiary alicyclic amines) is 1. The van der Waals surface area contributed by atoms with E-state index in [2.05, 4.69) is 10.9 Å². The zero-order valence-corrected chi connectivity index (χ0v) is 17.4. The van der Waals surface area contributed by atoms with Crippen LogP contribution < -0.4 is 10.9 Å². The minimum atomic E-state index is -0.446. The van der Waals surface area contributed by atoms with Crippen molar-refractivity contribution in [1.29, 1.82) is 0 Å². The molecule has 2 aliphatic heterocycles. The van der Waals surface area contributed by atoms with Crippen LogP contribution in [0.15, 0.2) is 36.4 Å². The van der Waals surface area contributed by atoms with Gasteiger partial charge >= 0.3 is 0 Å². The molecule has 4 rings (SSSR count). The number of nitrogens with one attached hydrogen (secondary N) is 2. The average Bonchev–Trinajstić information content (AvgIpc) is 3.23. The molecule has 0 aliphatic carbocycles. The van der Waals surface area contributed by atoms with Crippen molar-refractivity contribution in [2.24, 2.45) is 5.92 Å². The number of phenols is 1. The van der Waals surface area contributed by atoms with Crippen LogP contribution in [-0.4, -0.2) is 40.2 Å². The van der Waals surface area contributed by atoms with Gasteiger partial charge in [0.25, 0.3) is 0 Å². The number of hydrogen-bond acceptors (Lipinski definition) is 5. The molecule has 4 unspecified atom stereocenters. The van der Waals surface area contributed by atoms with Crippen LogP contribution in [0.1, 0.15) is 35.2 Å². The topological polar surface area (TPSA) is 84.8 Å². The number of benzene rings is 2. The summed E-state index contributed by atoms with van der Waals surface area (Å²) in [6, 6.07) is 9.87. The van der Waals surface area contributed by atoms with Gasteiger partial charge in [-0.25, -0.2) is 10.9 Å². The smallest absolute Gasteiger partial charge is 0.242 e. The van der Waals surface area contributed by atoms with Crippen molar-refractivity contribution in [1.82, 2.24) is 15.8 Å². The third kappa shape index (κ3) is 3.60. The number of aliphatic hydroxyl groups is 1. The highest BCUT2D eigenvalue weighted by Crippen LogP contribution is 2.49. The van der Waals surface area contributed by atoms with Crippen LogP contribution in [0.4, 0.5) is 0 Å². The Morgan fingerprint density at radius 1 is 1.10 bits per heavy atom. The van der Waals surface area contributed by atoms with Gasteiger partial charge in [-0.3, -0.25) is 4.79 Å². The molecule has 2 fully saturated rings. The molecule has 8 heteroatoms. The maximum Gasteiger partial charge on any atom is 0.242 e. The summed E-state index contributed by atoms with van der Waals surface area (Å²) >= 11 is 12.4. The summed E-state index contributed by atoms with van der Waals surface area (Å²) in [4.78, 5) is 15.0. The van der Waals surface area contributed by atoms with Crippen molar-refractivity contribution in [3.63, 3.8) is 0 Å². The molecule has 2 heterocycles. The number of carbonyl (C=O) groups is 1. The normalized spacial score (nSPS) is 26.2. The summed E-state index contributed by atoms with van der Waals surface area (Å²) in [7, 11) is 0. The number of aromatic hydroxyl groups is 1. The van der Waals surface area contributed by atoms with Crippen molar-refractivity contribution < 1.29 is 15.0 Å². The predicted molar refractivity (Wildman–Crippen MR) is 112 cm³/mol. The van der Waals surface area contributed by atoms with E-state index < -0.39 is 6.04 Å². The van der Waals surface area contributed by atoms with Gasteiger partial charge in [0.05, 0.1) is 12.1 Å². The van der Waals surface area contributed by atoms with Crippen LogP contribution in [0, 0.1) is 12.8 Å². The molecule has 0 saturated carbocycles. The van der Waals surface area contributed by atoms with Gasteiger partial charge in [0.2, 0.25) is 5.91 Å². The van der Waals surface area contributed by atoms with Crippen molar-refractivity contribution in [3.8, 4) is 5.75 Å². The van der Waals surface area contributed by atoms with Gasteiger partial charge in [0, 0.05) is 34.7 Å². The van der Waals surface area contributed by atoms with E-state index >= 15 is 0 Å². The first kappa shape index (κ1) is 20.4. The molecule has 154 valence electrons.